The van der Waals surface area contributed by atoms with Gasteiger partial charge in [0.05, 0.1) is 18.2 Å². The summed E-state index contributed by atoms with van der Waals surface area (Å²) < 4.78 is 5.25. The van der Waals surface area contributed by atoms with Crippen molar-refractivity contribution in [2.24, 2.45) is 0 Å². The second kappa shape index (κ2) is 5.48. The maximum atomic E-state index is 11.9. The Morgan fingerprint density at radius 2 is 2.26 bits per heavy atom. The summed E-state index contributed by atoms with van der Waals surface area (Å²) in [6.45, 7) is 1.87. The fourth-order valence-electron chi connectivity index (χ4n) is 2.08. The summed E-state index contributed by atoms with van der Waals surface area (Å²) in [5, 5.41) is 2.49. The van der Waals surface area contributed by atoms with Gasteiger partial charge in [0.1, 0.15) is 5.75 Å². The van der Waals surface area contributed by atoms with E-state index in [0.29, 0.717) is 30.1 Å². The minimum absolute atomic E-state index is 0.0433. The molecule has 6 heteroatoms. The highest BCUT2D eigenvalue weighted by Crippen LogP contribution is 2.34. The summed E-state index contributed by atoms with van der Waals surface area (Å²) in [6.07, 6.45) is 0.315. The van der Waals surface area contributed by atoms with E-state index in [1.807, 2.05) is 0 Å². The number of anilines is 2. The van der Waals surface area contributed by atoms with E-state index in [1.165, 1.54) is 14.0 Å². The molecule has 1 fully saturated rings. The zero-order valence-electron chi connectivity index (χ0n) is 10.8. The van der Waals surface area contributed by atoms with Crippen molar-refractivity contribution >= 4 is 34.8 Å². The van der Waals surface area contributed by atoms with Gasteiger partial charge in [-0.3, -0.25) is 9.59 Å². The Hall–Kier alpha value is -1.75. The number of nitrogens with one attached hydrogen (secondary N) is 1. The molecule has 1 aromatic rings. The van der Waals surface area contributed by atoms with E-state index in [9.17, 15) is 9.59 Å². The largest absolute Gasteiger partial charge is 0.495 e. The van der Waals surface area contributed by atoms with E-state index >= 15 is 0 Å². The Balaban J connectivity index is 2.36. The van der Waals surface area contributed by atoms with Crippen molar-refractivity contribution in [3.05, 3.63) is 18.2 Å². The van der Waals surface area contributed by atoms with Gasteiger partial charge in [0.15, 0.2) is 0 Å². The first kappa shape index (κ1) is 13.7. The van der Waals surface area contributed by atoms with Crippen molar-refractivity contribution in [1.82, 2.24) is 0 Å². The molecule has 19 heavy (non-hydrogen) atoms. The van der Waals surface area contributed by atoms with Gasteiger partial charge in [-0.25, -0.2) is 0 Å². The Morgan fingerprint density at radius 1 is 1.53 bits per heavy atom. The van der Waals surface area contributed by atoms with E-state index in [0.717, 1.165) is 0 Å². The van der Waals surface area contributed by atoms with Crippen LogP contribution in [-0.4, -0.2) is 30.8 Å². The molecule has 0 bridgehead atoms. The van der Waals surface area contributed by atoms with Crippen molar-refractivity contribution in [1.29, 1.82) is 0 Å². The number of amides is 2. The molecule has 0 aliphatic carbocycles. The van der Waals surface area contributed by atoms with Gasteiger partial charge in [-0.05, 0) is 18.2 Å². The van der Waals surface area contributed by atoms with Crippen LogP contribution < -0.4 is 15.0 Å². The second-order valence-corrected chi connectivity index (χ2v) is 4.99. The third-order valence-electron chi connectivity index (χ3n) is 2.87. The van der Waals surface area contributed by atoms with Crippen molar-refractivity contribution in [3.8, 4) is 5.75 Å². The predicted molar refractivity (Wildman–Crippen MR) is 73.9 cm³/mol. The zero-order valence-corrected chi connectivity index (χ0v) is 11.5. The summed E-state index contributed by atoms with van der Waals surface area (Å²) in [7, 11) is 1.54. The molecule has 0 spiro atoms. The van der Waals surface area contributed by atoms with Gasteiger partial charge >= 0.3 is 0 Å². The fraction of sp³-hybridized carbons (Fsp3) is 0.385. The topological polar surface area (TPSA) is 58.6 Å². The van der Waals surface area contributed by atoms with Gasteiger partial charge in [0.25, 0.3) is 0 Å². The molecule has 0 radical (unpaired) electrons. The van der Waals surface area contributed by atoms with Crippen LogP contribution in [0.25, 0.3) is 0 Å². The molecule has 1 N–H and O–H groups in total. The van der Waals surface area contributed by atoms with Gasteiger partial charge in [-0.15, -0.1) is 11.6 Å². The van der Waals surface area contributed by atoms with Crippen LogP contribution >= 0.6 is 11.6 Å². The van der Waals surface area contributed by atoms with Crippen LogP contribution in [0.1, 0.15) is 13.3 Å². The lowest BCUT2D eigenvalue weighted by Crippen LogP contribution is -2.25. The third kappa shape index (κ3) is 2.98. The molecule has 1 unspecified atom stereocenters. The van der Waals surface area contributed by atoms with E-state index in [2.05, 4.69) is 5.32 Å². The summed E-state index contributed by atoms with van der Waals surface area (Å²) >= 11 is 6.00. The number of hydrogen-bond acceptors (Lipinski definition) is 3. The summed E-state index contributed by atoms with van der Waals surface area (Å²) in [6, 6.07) is 5.16. The lowest BCUT2D eigenvalue weighted by molar-refractivity contribution is -0.117. The number of carbonyl (C=O) groups is 2. The van der Waals surface area contributed by atoms with Gasteiger partial charge in [0, 0.05) is 25.6 Å². The molecule has 2 amide bonds. The number of rotatable bonds is 3. The van der Waals surface area contributed by atoms with Crippen LogP contribution in [0.15, 0.2) is 18.2 Å². The quantitative estimate of drug-likeness (QED) is 0.863. The van der Waals surface area contributed by atoms with Crippen LogP contribution in [0.4, 0.5) is 11.4 Å². The third-order valence-corrected chi connectivity index (χ3v) is 3.16. The summed E-state index contributed by atoms with van der Waals surface area (Å²) in [4.78, 5) is 24.5. The fourth-order valence-corrected chi connectivity index (χ4v) is 2.35. The van der Waals surface area contributed by atoms with Gasteiger partial charge in [0.2, 0.25) is 11.8 Å². The molecule has 1 atom stereocenters. The van der Waals surface area contributed by atoms with Crippen molar-refractivity contribution in [2.45, 2.75) is 18.7 Å². The summed E-state index contributed by atoms with van der Waals surface area (Å²) in [5.41, 5.74) is 1.25. The van der Waals surface area contributed by atoms with Crippen LogP contribution in [0.5, 0.6) is 5.75 Å². The molecule has 1 aliphatic rings. The highest BCUT2D eigenvalue weighted by molar-refractivity contribution is 6.24. The Labute approximate surface area is 116 Å². The summed E-state index contributed by atoms with van der Waals surface area (Å²) in [5.74, 6) is 0.366. The number of hydrogen-bond donors (Lipinski definition) is 1. The Bertz CT molecular complexity index is 519. The number of carbonyl (C=O) groups excluding carboxylic acids is 2. The first-order valence-electron chi connectivity index (χ1n) is 5.91. The van der Waals surface area contributed by atoms with Crippen molar-refractivity contribution in [3.63, 3.8) is 0 Å². The molecule has 102 valence electrons. The van der Waals surface area contributed by atoms with Crippen molar-refractivity contribution < 1.29 is 14.3 Å². The molecule has 0 aromatic heterocycles. The highest BCUT2D eigenvalue weighted by Gasteiger charge is 2.31. The predicted octanol–water partition coefficient (Wildman–Crippen LogP) is 2.00. The first-order chi connectivity index (χ1) is 9.01. The molecular weight excluding hydrogens is 268 g/mol. The number of methoxy groups -OCH3 is 1. The maximum absolute atomic E-state index is 11.9. The van der Waals surface area contributed by atoms with Gasteiger partial charge in [-0.1, -0.05) is 0 Å². The number of benzene rings is 1. The Kier molecular flexibility index (Phi) is 3.95. The lowest BCUT2D eigenvalue weighted by atomic mass is 10.2. The molecule has 1 heterocycles. The van der Waals surface area contributed by atoms with Crippen LogP contribution in [0.3, 0.4) is 0 Å². The molecule has 1 saturated heterocycles. The number of halogens is 1. The van der Waals surface area contributed by atoms with E-state index in [-0.39, 0.29) is 17.2 Å². The average Bonchev–Trinajstić information content (AvgIpc) is 2.67. The number of alkyl halides is 1. The van der Waals surface area contributed by atoms with E-state index in [1.54, 1.807) is 23.1 Å². The van der Waals surface area contributed by atoms with Gasteiger partial charge < -0.3 is 15.0 Å². The lowest BCUT2D eigenvalue weighted by Gasteiger charge is -2.20. The SMILES string of the molecule is COc1ccc(NC(C)=O)cc1N1CC(Cl)CC1=O. The minimum atomic E-state index is -0.193. The van der Waals surface area contributed by atoms with Crippen molar-refractivity contribution in [2.75, 3.05) is 23.9 Å². The van der Waals surface area contributed by atoms with Crippen LogP contribution in [0, 0.1) is 0 Å². The molecule has 1 aliphatic heterocycles. The minimum Gasteiger partial charge on any atom is -0.495 e. The normalized spacial score (nSPS) is 18.6. The molecule has 2 rings (SSSR count). The van der Waals surface area contributed by atoms with E-state index < -0.39 is 0 Å². The zero-order chi connectivity index (χ0) is 14.0. The molecule has 5 nitrogen and oxygen atoms in total. The standard InChI is InChI=1S/C13H15ClN2O3/c1-8(17)15-10-3-4-12(19-2)11(6-10)16-7-9(14)5-13(16)18/h3-4,6,9H,5,7H2,1-2H3,(H,15,17). The first-order valence-corrected chi connectivity index (χ1v) is 6.35. The van der Waals surface area contributed by atoms with Gasteiger partial charge in [-0.2, -0.15) is 0 Å². The maximum Gasteiger partial charge on any atom is 0.228 e. The van der Waals surface area contributed by atoms with Crippen LogP contribution in [0.2, 0.25) is 0 Å². The number of nitrogens with zero attached hydrogens (tertiary/aromatic N) is 1. The highest BCUT2D eigenvalue weighted by atomic mass is 35.5. The van der Waals surface area contributed by atoms with E-state index in [4.69, 9.17) is 16.3 Å². The molecule has 1 aromatic carbocycles. The Morgan fingerprint density at radius 3 is 2.79 bits per heavy atom. The second-order valence-electron chi connectivity index (χ2n) is 4.37. The molecular formula is C13H15ClN2O3. The molecule has 0 saturated carbocycles. The smallest absolute Gasteiger partial charge is 0.228 e. The average molecular weight is 283 g/mol. The number of ether oxygens (including phenoxy) is 1. The monoisotopic (exact) mass is 282 g/mol. The van der Waals surface area contributed by atoms with Crippen LogP contribution in [-0.2, 0) is 9.59 Å².